The van der Waals surface area contributed by atoms with E-state index in [9.17, 15) is 36.8 Å². The normalized spacial score (nSPS) is 12.0. The van der Waals surface area contributed by atoms with Crippen LogP contribution in [0.4, 0.5) is 30.2 Å². The number of rotatable bonds is 4. The zero-order chi connectivity index (χ0) is 18.1. The molecule has 0 aliphatic carbocycles. The molecule has 2 N–H and O–H groups in total. The Kier molecular flexibility index (Phi) is 4.38. The van der Waals surface area contributed by atoms with Crippen LogP contribution in [0.5, 0.6) is 5.75 Å². The highest BCUT2D eigenvalue weighted by molar-refractivity contribution is 7.92. The molecule has 11 heteroatoms. The van der Waals surface area contributed by atoms with Gasteiger partial charge in [0, 0.05) is 17.8 Å². The lowest BCUT2D eigenvalue weighted by Crippen LogP contribution is -2.23. The van der Waals surface area contributed by atoms with Crippen LogP contribution in [0.3, 0.4) is 0 Å². The van der Waals surface area contributed by atoms with Crippen LogP contribution in [0.1, 0.15) is 0 Å². The first-order valence-electron chi connectivity index (χ1n) is 6.18. The lowest BCUT2D eigenvalue weighted by atomic mass is 10.2. The van der Waals surface area contributed by atoms with E-state index >= 15 is 0 Å². The molecular weight excluding hydrogens is 353 g/mol. The maximum Gasteiger partial charge on any atom is 0.501 e. The predicted octanol–water partition coefficient (Wildman–Crippen LogP) is 3.34. The summed E-state index contributed by atoms with van der Waals surface area (Å²) in [4.78, 5) is 8.80. The van der Waals surface area contributed by atoms with E-state index in [4.69, 9.17) is 0 Å². The SMILES string of the molecule is O=[N+]([O-])c1cc(S(=O)(=O)C(F)(F)F)ccc1Nc1cccc(O)c1. The molecule has 0 saturated carbocycles. The highest BCUT2D eigenvalue weighted by Gasteiger charge is 2.47. The van der Waals surface area contributed by atoms with Crippen LogP contribution >= 0.6 is 0 Å². The van der Waals surface area contributed by atoms with Gasteiger partial charge >= 0.3 is 5.51 Å². The van der Waals surface area contributed by atoms with Crippen LogP contribution in [0.25, 0.3) is 0 Å². The second kappa shape index (κ2) is 6.00. The smallest absolute Gasteiger partial charge is 0.501 e. The number of anilines is 2. The molecule has 0 amide bonds. The first-order chi connectivity index (χ1) is 11.0. The number of alkyl halides is 3. The molecule has 0 fully saturated rings. The molecule has 128 valence electrons. The third-order valence-corrected chi connectivity index (χ3v) is 4.39. The van der Waals surface area contributed by atoms with E-state index in [-0.39, 0.29) is 17.1 Å². The van der Waals surface area contributed by atoms with E-state index in [0.717, 1.165) is 6.07 Å². The van der Waals surface area contributed by atoms with Crippen LogP contribution in [-0.4, -0.2) is 24.0 Å². The molecule has 0 spiro atoms. The Balaban J connectivity index is 2.51. The third kappa shape index (κ3) is 3.40. The molecule has 0 aliphatic heterocycles. The average molecular weight is 362 g/mol. The number of nitro groups is 1. The topological polar surface area (TPSA) is 110 Å². The van der Waals surface area contributed by atoms with E-state index in [1.807, 2.05) is 0 Å². The van der Waals surface area contributed by atoms with Gasteiger partial charge in [0.15, 0.2) is 0 Å². The van der Waals surface area contributed by atoms with Crippen molar-refractivity contribution < 1.29 is 31.6 Å². The lowest BCUT2D eigenvalue weighted by molar-refractivity contribution is -0.384. The van der Waals surface area contributed by atoms with Gasteiger partial charge in [0.05, 0.1) is 9.82 Å². The highest BCUT2D eigenvalue weighted by atomic mass is 32.2. The Morgan fingerprint density at radius 1 is 1.12 bits per heavy atom. The van der Waals surface area contributed by atoms with Crippen molar-refractivity contribution in [3.05, 3.63) is 52.6 Å². The van der Waals surface area contributed by atoms with Crippen molar-refractivity contribution in [1.29, 1.82) is 0 Å². The molecule has 0 aromatic heterocycles. The number of aromatic hydroxyl groups is 1. The highest BCUT2D eigenvalue weighted by Crippen LogP contribution is 2.35. The molecule has 2 aromatic rings. The quantitative estimate of drug-likeness (QED) is 0.638. The van der Waals surface area contributed by atoms with Crippen molar-refractivity contribution in [3.63, 3.8) is 0 Å². The summed E-state index contributed by atoms with van der Waals surface area (Å²) in [5, 5.41) is 22.9. The number of nitrogens with one attached hydrogen (secondary N) is 1. The molecule has 2 aromatic carbocycles. The minimum atomic E-state index is -5.70. The second-order valence-corrected chi connectivity index (χ2v) is 6.50. The van der Waals surface area contributed by atoms with Crippen molar-refractivity contribution in [2.24, 2.45) is 0 Å². The number of sulfone groups is 1. The molecule has 0 radical (unpaired) electrons. The van der Waals surface area contributed by atoms with Gasteiger partial charge in [-0.1, -0.05) is 6.07 Å². The number of nitrogens with zero attached hydrogens (tertiary/aromatic N) is 1. The molecule has 0 aliphatic rings. The lowest BCUT2D eigenvalue weighted by Gasteiger charge is -2.11. The number of hydrogen-bond acceptors (Lipinski definition) is 6. The Hall–Kier alpha value is -2.82. The Morgan fingerprint density at radius 2 is 1.79 bits per heavy atom. The van der Waals surface area contributed by atoms with E-state index in [1.54, 1.807) is 0 Å². The summed E-state index contributed by atoms with van der Waals surface area (Å²) in [6.45, 7) is 0. The summed E-state index contributed by atoms with van der Waals surface area (Å²) >= 11 is 0. The van der Waals surface area contributed by atoms with Crippen molar-refractivity contribution in [3.8, 4) is 5.75 Å². The van der Waals surface area contributed by atoms with E-state index in [0.29, 0.717) is 12.1 Å². The molecule has 0 saturated heterocycles. The number of phenolic OH excluding ortho intramolecular Hbond substituents is 1. The molecule has 0 atom stereocenters. The van der Waals surface area contributed by atoms with Crippen molar-refractivity contribution >= 4 is 26.9 Å². The second-order valence-electron chi connectivity index (χ2n) is 4.56. The summed E-state index contributed by atoms with van der Waals surface area (Å²) in [6.07, 6.45) is 0. The zero-order valence-corrected chi connectivity index (χ0v) is 12.4. The van der Waals surface area contributed by atoms with Gasteiger partial charge in [-0.05, 0) is 24.3 Å². The molecule has 24 heavy (non-hydrogen) atoms. The van der Waals surface area contributed by atoms with Crippen LogP contribution in [-0.2, 0) is 9.84 Å². The average Bonchev–Trinajstić information content (AvgIpc) is 2.46. The zero-order valence-electron chi connectivity index (χ0n) is 11.6. The number of phenols is 1. The van der Waals surface area contributed by atoms with Gasteiger partial charge in [0.1, 0.15) is 11.4 Å². The molecule has 7 nitrogen and oxygen atoms in total. The summed E-state index contributed by atoms with van der Waals surface area (Å²) in [5.74, 6) is -0.140. The third-order valence-electron chi connectivity index (χ3n) is 2.91. The molecular formula is C13H9F3N2O5S. The molecule has 2 rings (SSSR count). The summed E-state index contributed by atoms with van der Waals surface area (Å²) in [5.41, 5.74) is -6.43. The van der Waals surface area contributed by atoms with E-state index in [1.165, 1.54) is 24.3 Å². The first kappa shape index (κ1) is 17.5. The van der Waals surface area contributed by atoms with Gasteiger partial charge in [-0.25, -0.2) is 8.42 Å². The van der Waals surface area contributed by atoms with Crippen LogP contribution in [0, 0.1) is 10.1 Å². The van der Waals surface area contributed by atoms with Crippen molar-refractivity contribution in [1.82, 2.24) is 0 Å². The van der Waals surface area contributed by atoms with Gasteiger partial charge in [-0.3, -0.25) is 10.1 Å². The first-order valence-corrected chi connectivity index (χ1v) is 7.66. The minimum absolute atomic E-state index is 0.140. The summed E-state index contributed by atoms with van der Waals surface area (Å²) in [6, 6.07) is 7.24. The van der Waals surface area contributed by atoms with Crippen LogP contribution in [0.2, 0.25) is 0 Å². The summed E-state index contributed by atoms with van der Waals surface area (Å²) in [7, 11) is -5.70. The fraction of sp³-hybridized carbons (Fsp3) is 0.0769. The van der Waals surface area contributed by atoms with Crippen LogP contribution < -0.4 is 5.32 Å². The van der Waals surface area contributed by atoms with E-state index < -0.39 is 30.9 Å². The Morgan fingerprint density at radius 3 is 2.33 bits per heavy atom. The Labute approximate surface area is 133 Å². The van der Waals surface area contributed by atoms with Gasteiger partial charge in [0.2, 0.25) is 0 Å². The summed E-state index contributed by atoms with van der Waals surface area (Å²) < 4.78 is 60.3. The maximum absolute atomic E-state index is 12.5. The fourth-order valence-electron chi connectivity index (χ4n) is 1.81. The van der Waals surface area contributed by atoms with Gasteiger partial charge in [-0.2, -0.15) is 13.2 Å². The van der Waals surface area contributed by atoms with Crippen LogP contribution in [0.15, 0.2) is 47.4 Å². The largest absolute Gasteiger partial charge is 0.508 e. The predicted molar refractivity (Wildman–Crippen MR) is 77.7 cm³/mol. The number of benzene rings is 2. The number of halogens is 3. The molecule has 0 bridgehead atoms. The van der Waals surface area contributed by atoms with Gasteiger partial charge < -0.3 is 10.4 Å². The fourth-order valence-corrected chi connectivity index (χ4v) is 2.59. The maximum atomic E-state index is 12.5. The van der Waals surface area contributed by atoms with Crippen molar-refractivity contribution in [2.45, 2.75) is 10.4 Å². The number of hydrogen-bond donors (Lipinski definition) is 2. The molecule has 0 heterocycles. The Bertz CT molecular complexity index is 897. The van der Waals surface area contributed by atoms with Crippen molar-refractivity contribution in [2.75, 3.05) is 5.32 Å². The van der Waals surface area contributed by atoms with Gasteiger partial charge in [-0.15, -0.1) is 0 Å². The number of nitro benzene ring substituents is 1. The molecule has 0 unspecified atom stereocenters. The monoisotopic (exact) mass is 362 g/mol. The van der Waals surface area contributed by atoms with Gasteiger partial charge in [0.25, 0.3) is 15.5 Å². The minimum Gasteiger partial charge on any atom is -0.508 e. The standard InChI is InChI=1S/C13H9F3N2O5S/c14-13(15,16)24(22,23)10-4-5-11(12(7-10)18(20)21)17-8-2-1-3-9(19)6-8/h1-7,17,19H. The van der Waals surface area contributed by atoms with E-state index in [2.05, 4.69) is 5.32 Å².